The summed E-state index contributed by atoms with van der Waals surface area (Å²) in [5.74, 6) is 1.56. The van der Waals surface area contributed by atoms with Crippen LogP contribution in [0.2, 0.25) is 0 Å². The average molecular weight is 585 g/mol. The molecule has 3 aliphatic rings. The van der Waals surface area contributed by atoms with Gasteiger partial charge in [-0.3, -0.25) is 4.79 Å². The summed E-state index contributed by atoms with van der Waals surface area (Å²) in [6.07, 6.45) is 3.15. The number of fused-ring (bicyclic) bond motifs is 2. The number of benzene rings is 2. The second-order valence-corrected chi connectivity index (χ2v) is 13.1. The highest BCUT2D eigenvalue weighted by molar-refractivity contribution is 5.83. The summed E-state index contributed by atoms with van der Waals surface area (Å²) in [5.41, 5.74) is 6.43. The van der Waals surface area contributed by atoms with E-state index in [0.29, 0.717) is 38.1 Å². The molecule has 3 aromatic rings. The fourth-order valence-corrected chi connectivity index (χ4v) is 6.52. The molecule has 6 rings (SSSR count). The van der Waals surface area contributed by atoms with Gasteiger partial charge in [0, 0.05) is 37.9 Å². The maximum absolute atomic E-state index is 12.7. The van der Waals surface area contributed by atoms with Crippen molar-refractivity contribution >= 4 is 18.0 Å². The zero-order valence-electron chi connectivity index (χ0n) is 25.9. The second-order valence-electron chi connectivity index (χ2n) is 13.1. The van der Waals surface area contributed by atoms with E-state index in [1.54, 1.807) is 11.1 Å². The quantitative estimate of drug-likeness (QED) is 0.344. The molecule has 0 N–H and O–H groups in total. The van der Waals surface area contributed by atoms with Gasteiger partial charge < -0.3 is 24.0 Å². The van der Waals surface area contributed by atoms with Gasteiger partial charge in [-0.05, 0) is 93.3 Å². The van der Waals surface area contributed by atoms with E-state index in [4.69, 9.17) is 19.2 Å². The van der Waals surface area contributed by atoms with Crippen LogP contribution in [0.5, 0.6) is 5.75 Å². The molecule has 1 amide bonds. The third kappa shape index (κ3) is 5.65. The van der Waals surface area contributed by atoms with Crippen LogP contribution in [0.25, 0.3) is 11.3 Å². The summed E-state index contributed by atoms with van der Waals surface area (Å²) in [7, 11) is 1.46. The summed E-state index contributed by atoms with van der Waals surface area (Å²) in [5, 5.41) is 0. The van der Waals surface area contributed by atoms with Gasteiger partial charge in [0.1, 0.15) is 18.0 Å². The summed E-state index contributed by atoms with van der Waals surface area (Å²) in [6.45, 7) is 12.7. The first-order chi connectivity index (χ1) is 20.5. The molecule has 0 bridgehead atoms. The summed E-state index contributed by atoms with van der Waals surface area (Å²) < 4.78 is 17.2. The van der Waals surface area contributed by atoms with Crippen LogP contribution in [0, 0.1) is 25.2 Å². The number of piperidine rings is 1. The number of esters is 1. The molecule has 0 spiro atoms. The Hall–Kier alpha value is -4.14. The van der Waals surface area contributed by atoms with Gasteiger partial charge in [-0.1, -0.05) is 24.3 Å². The number of aromatic nitrogens is 2. The van der Waals surface area contributed by atoms with Crippen LogP contribution in [0.4, 0.5) is 10.7 Å². The monoisotopic (exact) mass is 584 g/mol. The van der Waals surface area contributed by atoms with Crippen molar-refractivity contribution < 1.29 is 23.8 Å². The first-order valence-corrected chi connectivity index (χ1v) is 15.0. The lowest BCUT2D eigenvalue weighted by molar-refractivity contribution is -0.146. The smallest absolute Gasteiger partial charge is 0.410 e. The number of amides is 1. The van der Waals surface area contributed by atoms with E-state index in [0.717, 1.165) is 53.1 Å². The van der Waals surface area contributed by atoms with Crippen LogP contribution < -0.4 is 9.64 Å². The molecule has 2 aromatic carbocycles. The van der Waals surface area contributed by atoms with E-state index in [-0.39, 0.29) is 12.1 Å². The zero-order chi connectivity index (χ0) is 30.5. The standard InChI is InChI=1S/C34H40N4O5/c1-21-8-7-9-26(28-10-12-35-31(36-28)38-17-25-16-34(25,20-38)30(39)41-6)29(21)42-19-23-14-22(2)27-18-37(13-11-24(27)15-23)32(40)43-33(3,4)5/h7-10,12,14-15,25H,11,13,16-20H2,1-6H3/t25-,34?/m0/s1. The van der Waals surface area contributed by atoms with Gasteiger partial charge in [-0.25, -0.2) is 14.8 Å². The van der Waals surface area contributed by atoms with Gasteiger partial charge in [0.2, 0.25) is 5.95 Å². The molecule has 3 heterocycles. The molecule has 0 radical (unpaired) electrons. The van der Waals surface area contributed by atoms with E-state index in [1.807, 2.05) is 52.0 Å². The van der Waals surface area contributed by atoms with Crippen molar-refractivity contribution in [2.45, 2.75) is 66.2 Å². The normalized spacial score (nSPS) is 20.7. The van der Waals surface area contributed by atoms with Gasteiger partial charge in [0.15, 0.2) is 0 Å². The number of para-hydroxylation sites is 1. The van der Waals surface area contributed by atoms with Crippen LogP contribution in [-0.2, 0) is 33.8 Å². The molecule has 226 valence electrons. The van der Waals surface area contributed by atoms with Crippen molar-refractivity contribution in [1.82, 2.24) is 14.9 Å². The first-order valence-electron chi connectivity index (χ1n) is 15.0. The Balaban J connectivity index is 1.18. The summed E-state index contributed by atoms with van der Waals surface area (Å²) in [6, 6.07) is 12.3. The van der Waals surface area contributed by atoms with Crippen LogP contribution in [0.3, 0.4) is 0 Å². The predicted octanol–water partition coefficient (Wildman–Crippen LogP) is 5.63. The van der Waals surface area contributed by atoms with Crippen molar-refractivity contribution in [2.75, 3.05) is 31.6 Å². The Kier molecular flexibility index (Phi) is 7.30. The zero-order valence-corrected chi connectivity index (χ0v) is 25.9. The molecule has 1 saturated carbocycles. The third-order valence-corrected chi connectivity index (χ3v) is 8.81. The van der Waals surface area contributed by atoms with Crippen molar-refractivity contribution in [3.8, 4) is 17.0 Å². The Morgan fingerprint density at radius 1 is 1.12 bits per heavy atom. The van der Waals surface area contributed by atoms with E-state index in [9.17, 15) is 9.59 Å². The van der Waals surface area contributed by atoms with Crippen LogP contribution >= 0.6 is 0 Å². The lowest BCUT2D eigenvalue weighted by atomic mass is 9.93. The van der Waals surface area contributed by atoms with Crippen LogP contribution in [0.1, 0.15) is 55.0 Å². The van der Waals surface area contributed by atoms with Crippen molar-refractivity contribution in [3.05, 3.63) is 70.4 Å². The highest BCUT2D eigenvalue weighted by Gasteiger charge is 2.66. The van der Waals surface area contributed by atoms with E-state index in [2.05, 4.69) is 28.9 Å². The average Bonchev–Trinajstić information content (AvgIpc) is 3.55. The van der Waals surface area contributed by atoms with Crippen LogP contribution in [0.15, 0.2) is 42.6 Å². The topological polar surface area (TPSA) is 94.1 Å². The van der Waals surface area contributed by atoms with Crippen molar-refractivity contribution in [1.29, 1.82) is 0 Å². The van der Waals surface area contributed by atoms with Gasteiger partial charge in [-0.2, -0.15) is 0 Å². The van der Waals surface area contributed by atoms with Gasteiger partial charge >= 0.3 is 12.1 Å². The number of aryl methyl sites for hydroxylation is 2. The number of anilines is 1. The number of methoxy groups -OCH3 is 1. The molecule has 9 heteroatoms. The molecule has 1 aromatic heterocycles. The molecule has 43 heavy (non-hydrogen) atoms. The van der Waals surface area contributed by atoms with E-state index >= 15 is 0 Å². The highest BCUT2D eigenvalue weighted by Crippen LogP contribution is 2.58. The minimum absolute atomic E-state index is 0.136. The molecule has 2 fully saturated rings. The SMILES string of the molecule is COC(=O)C12C[C@H]1CN(c1nccc(-c3cccc(C)c3OCc3cc(C)c4c(c3)CCN(C(=O)OC(C)(C)C)C4)n1)C2. The van der Waals surface area contributed by atoms with Gasteiger partial charge in [-0.15, -0.1) is 0 Å². The fraction of sp³-hybridized carbons (Fsp3) is 0.471. The molecular formula is C34H40N4O5. The Labute approximate surface area is 253 Å². The number of hydrogen-bond donors (Lipinski definition) is 0. The lowest BCUT2D eigenvalue weighted by Crippen LogP contribution is -2.40. The van der Waals surface area contributed by atoms with Crippen LogP contribution in [-0.4, -0.2) is 59.3 Å². The largest absolute Gasteiger partial charge is 0.488 e. The summed E-state index contributed by atoms with van der Waals surface area (Å²) >= 11 is 0. The molecule has 9 nitrogen and oxygen atoms in total. The second kappa shape index (κ2) is 10.8. The third-order valence-electron chi connectivity index (χ3n) is 8.81. The number of ether oxygens (including phenoxy) is 3. The maximum atomic E-state index is 12.7. The van der Waals surface area contributed by atoms with Gasteiger partial charge in [0.25, 0.3) is 0 Å². The summed E-state index contributed by atoms with van der Waals surface area (Å²) in [4.78, 5) is 38.4. The predicted molar refractivity (Wildman–Crippen MR) is 163 cm³/mol. The van der Waals surface area contributed by atoms with Gasteiger partial charge in [0.05, 0.1) is 18.2 Å². The lowest BCUT2D eigenvalue weighted by Gasteiger charge is -2.32. The first kappa shape index (κ1) is 29.0. The number of rotatable bonds is 6. The number of carbonyl (C=O) groups is 2. The molecular weight excluding hydrogens is 544 g/mol. The Morgan fingerprint density at radius 3 is 2.70 bits per heavy atom. The minimum Gasteiger partial charge on any atom is -0.488 e. The number of carbonyl (C=O) groups excluding carboxylic acids is 2. The fourth-order valence-electron chi connectivity index (χ4n) is 6.52. The van der Waals surface area contributed by atoms with E-state index < -0.39 is 11.0 Å². The molecule has 1 saturated heterocycles. The maximum Gasteiger partial charge on any atom is 0.410 e. The van der Waals surface area contributed by atoms with Crippen molar-refractivity contribution in [2.24, 2.45) is 11.3 Å². The highest BCUT2D eigenvalue weighted by atomic mass is 16.6. The minimum atomic E-state index is -0.517. The molecule has 1 aliphatic carbocycles. The number of hydrogen-bond acceptors (Lipinski definition) is 8. The molecule has 2 atom stereocenters. The molecule has 2 aliphatic heterocycles. The Morgan fingerprint density at radius 2 is 1.93 bits per heavy atom. The number of nitrogens with zero attached hydrogens (tertiary/aromatic N) is 4. The van der Waals surface area contributed by atoms with Crippen molar-refractivity contribution in [3.63, 3.8) is 0 Å². The Bertz CT molecular complexity index is 1580. The van der Waals surface area contributed by atoms with E-state index in [1.165, 1.54) is 18.2 Å². The molecule has 1 unspecified atom stereocenters.